The van der Waals surface area contributed by atoms with Crippen LogP contribution in [0.15, 0.2) is 0 Å². The summed E-state index contributed by atoms with van der Waals surface area (Å²) in [7, 11) is 0. The lowest BCUT2D eigenvalue weighted by atomic mass is 10.2. The monoisotopic (exact) mass is 236 g/mol. The molecule has 0 aromatic rings. The van der Waals surface area contributed by atoms with Gasteiger partial charge in [0.1, 0.15) is 0 Å². The molecular weight excluding hydrogens is 216 g/mol. The summed E-state index contributed by atoms with van der Waals surface area (Å²) in [6.07, 6.45) is -0.105. The molecule has 3 atom stereocenters. The molecule has 3 unspecified atom stereocenters. The van der Waals surface area contributed by atoms with Crippen LogP contribution in [0.25, 0.3) is 0 Å². The Morgan fingerprint density at radius 2 is 2.00 bits per heavy atom. The summed E-state index contributed by atoms with van der Waals surface area (Å²) in [4.78, 5) is 0. The van der Waals surface area contributed by atoms with Crippen molar-refractivity contribution >= 4 is 23.5 Å². The highest BCUT2D eigenvalue weighted by molar-refractivity contribution is 8.07. The Kier molecular flexibility index (Phi) is 5.67. The maximum atomic E-state index is 9.93. The van der Waals surface area contributed by atoms with Crippen LogP contribution in [0.1, 0.15) is 20.8 Å². The van der Waals surface area contributed by atoms with Gasteiger partial charge in [0.05, 0.1) is 18.8 Å². The lowest BCUT2D eigenvalue weighted by Gasteiger charge is -2.31. The molecule has 0 radical (unpaired) electrons. The zero-order chi connectivity index (χ0) is 10.6. The molecule has 2 nitrogen and oxygen atoms in total. The van der Waals surface area contributed by atoms with E-state index < -0.39 is 0 Å². The first kappa shape index (κ1) is 12.7. The number of aliphatic hydroxyl groups excluding tert-OH is 1. The van der Waals surface area contributed by atoms with Crippen molar-refractivity contribution in [3.8, 4) is 0 Å². The molecule has 1 aliphatic rings. The van der Waals surface area contributed by atoms with Crippen LogP contribution in [0.5, 0.6) is 0 Å². The van der Waals surface area contributed by atoms with Crippen LogP contribution >= 0.6 is 23.5 Å². The van der Waals surface area contributed by atoms with Crippen molar-refractivity contribution in [1.82, 2.24) is 0 Å². The SMILES string of the molecule is CC(C)OCC(O)C1SCCSC1C. The van der Waals surface area contributed by atoms with Crippen molar-refractivity contribution in [1.29, 1.82) is 0 Å². The zero-order valence-electron chi connectivity index (χ0n) is 9.10. The van der Waals surface area contributed by atoms with E-state index in [0.29, 0.717) is 17.1 Å². The van der Waals surface area contributed by atoms with Gasteiger partial charge >= 0.3 is 0 Å². The third kappa shape index (κ3) is 4.01. The maximum Gasteiger partial charge on any atom is 0.0902 e. The molecule has 0 aromatic carbocycles. The second kappa shape index (κ2) is 6.26. The maximum absolute atomic E-state index is 9.93. The van der Waals surface area contributed by atoms with Gasteiger partial charge < -0.3 is 9.84 Å². The summed E-state index contributed by atoms with van der Waals surface area (Å²) in [5.74, 6) is 2.36. The molecule has 0 saturated carbocycles. The van der Waals surface area contributed by atoms with Crippen molar-refractivity contribution in [3.05, 3.63) is 0 Å². The van der Waals surface area contributed by atoms with Crippen molar-refractivity contribution in [2.75, 3.05) is 18.1 Å². The van der Waals surface area contributed by atoms with Gasteiger partial charge in [-0.1, -0.05) is 6.92 Å². The topological polar surface area (TPSA) is 29.5 Å². The summed E-state index contributed by atoms with van der Waals surface area (Å²) < 4.78 is 5.43. The number of aliphatic hydroxyl groups is 1. The predicted molar refractivity (Wildman–Crippen MR) is 65.3 cm³/mol. The summed E-state index contributed by atoms with van der Waals surface area (Å²) in [6, 6.07) is 0. The summed E-state index contributed by atoms with van der Waals surface area (Å²) >= 11 is 3.83. The van der Waals surface area contributed by atoms with Crippen LogP contribution in [0.3, 0.4) is 0 Å². The first-order chi connectivity index (χ1) is 6.61. The molecule has 1 saturated heterocycles. The normalized spacial score (nSPS) is 30.6. The second-order valence-corrected chi connectivity index (χ2v) is 6.63. The molecule has 1 heterocycles. The van der Waals surface area contributed by atoms with Crippen LogP contribution in [-0.4, -0.2) is 45.9 Å². The lowest BCUT2D eigenvalue weighted by molar-refractivity contribution is 0.00541. The van der Waals surface area contributed by atoms with Crippen molar-refractivity contribution in [2.24, 2.45) is 0 Å². The largest absolute Gasteiger partial charge is 0.390 e. The quantitative estimate of drug-likeness (QED) is 0.808. The molecule has 1 fully saturated rings. The molecule has 14 heavy (non-hydrogen) atoms. The highest BCUT2D eigenvalue weighted by atomic mass is 32.2. The third-order valence-electron chi connectivity index (χ3n) is 2.22. The number of hydrogen-bond donors (Lipinski definition) is 1. The summed E-state index contributed by atoms with van der Waals surface area (Å²) in [5.41, 5.74) is 0. The minimum atomic E-state index is -0.315. The van der Waals surface area contributed by atoms with E-state index in [9.17, 15) is 5.11 Å². The van der Waals surface area contributed by atoms with E-state index in [4.69, 9.17) is 4.74 Å². The number of hydrogen-bond acceptors (Lipinski definition) is 4. The fourth-order valence-electron chi connectivity index (χ4n) is 1.46. The molecule has 0 spiro atoms. The predicted octanol–water partition coefficient (Wildman–Crippen LogP) is 2.01. The van der Waals surface area contributed by atoms with Crippen LogP contribution < -0.4 is 0 Å². The Morgan fingerprint density at radius 3 is 2.57 bits per heavy atom. The fraction of sp³-hybridized carbons (Fsp3) is 1.00. The van der Waals surface area contributed by atoms with Gasteiger partial charge in [0, 0.05) is 22.0 Å². The third-order valence-corrected chi connectivity index (χ3v) is 5.45. The van der Waals surface area contributed by atoms with E-state index in [2.05, 4.69) is 6.92 Å². The van der Waals surface area contributed by atoms with Gasteiger partial charge in [-0.25, -0.2) is 0 Å². The van der Waals surface area contributed by atoms with Crippen LogP contribution in [0.2, 0.25) is 0 Å². The molecule has 0 bridgehead atoms. The number of thioether (sulfide) groups is 2. The molecule has 84 valence electrons. The zero-order valence-corrected chi connectivity index (χ0v) is 10.7. The fourth-order valence-corrected chi connectivity index (χ4v) is 4.29. The van der Waals surface area contributed by atoms with Crippen LogP contribution in [0, 0.1) is 0 Å². The summed E-state index contributed by atoms with van der Waals surface area (Å²) in [5, 5.41) is 10.8. The van der Waals surface area contributed by atoms with Crippen molar-refractivity contribution in [2.45, 2.75) is 43.5 Å². The molecule has 4 heteroatoms. The molecule has 0 amide bonds. The first-order valence-corrected chi connectivity index (χ1v) is 7.24. The van der Waals surface area contributed by atoms with Gasteiger partial charge in [0.25, 0.3) is 0 Å². The van der Waals surface area contributed by atoms with E-state index in [-0.39, 0.29) is 12.2 Å². The second-order valence-electron chi connectivity index (χ2n) is 3.86. The highest BCUT2D eigenvalue weighted by Crippen LogP contribution is 2.33. The number of rotatable bonds is 4. The minimum absolute atomic E-state index is 0.209. The Balaban J connectivity index is 2.30. The Labute approximate surface area is 95.2 Å². The van der Waals surface area contributed by atoms with Crippen molar-refractivity contribution in [3.63, 3.8) is 0 Å². The number of ether oxygens (including phenoxy) is 1. The highest BCUT2D eigenvalue weighted by Gasteiger charge is 2.29. The van der Waals surface area contributed by atoms with Gasteiger partial charge in [0.15, 0.2) is 0 Å². The van der Waals surface area contributed by atoms with Crippen LogP contribution in [0.4, 0.5) is 0 Å². The van der Waals surface area contributed by atoms with Gasteiger partial charge in [0.2, 0.25) is 0 Å². The molecule has 1 rings (SSSR count). The molecule has 0 aliphatic carbocycles. The lowest BCUT2D eigenvalue weighted by Crippen LogP contribution is -2.38. The van der Waals surface area contributed by atoms with Crippen LogP contribution in [-0.2, 0) is 4.74 Å². The first-order valence-electron chi connectivity index (χ1n) is 5.14. The molecule has 1 N–H and O–H groups in total. The van der Waals surface area contributed by atoms with Gasteiger partial charge in [-0.2, -0.15) is 23.5 Å². The summed E-state index contributed by atoms with van der Waals surface area (Å²) in [6.45, 7) is 6.66. The van der Waals surface area contributed by atoms with E-state index in [1.54, 1.807) is 0 Å². The van der Waals surface area contributed by atoms with Gasteiger partial charge in [-0.05, 0) is 13.8 Å². The van der Waals surface area contributed by atoms with Crippen molar-refractivity contribution < 1.29 is 9.84 Å². The van der Waals surface area contributed by atoms with Gasteiger partial charge in [-0.15, -0.1) is 0 Å². The molecule has 0 aromatic heterocycles. The Morgan fingerprint density at radius 1 is 1.36 bits per heavy atom. The Bertz CT molecular complexity index is 164. The minimum Gasteiger partial charge on any atom is -0.390 e. The Hall–Kier alpha value is 0.620. The van der Waals surface area contributed by atoms with E-state index >= 15 is 0 Å². The molecule has 1 aliphatic heterocycles. The average Bonchev–Trinajstić information content (AvgIpc) is 2.15. The van der Waals surface area contributed by atoms with E-state index in [1.165, 1.54) is 5.75 Å². The van der Waals surface area contributed by atoms with E-state index in [0.717, 1.165) is 5.75 Å². The standard InChI is InChI=1S/C10H20O2S2/c1-7(2)12-6-9(11)10-8(3)13-4-5-14-10/h7-11H,4-6H2,1-3H3. The average molecular weight is 236 g/mol. The molecular formula is C10H20O2S2. The van der Waals surface area contributed by atoms with Gasteiger partial charge in [-0.3, -0.25) is 0 Å². The van der Waals surface area contributed by atoms with E-state index in [1.807, 2.05) is 37.4 Å². The smallest absolute Gasteiger partial charge is 0.0902 e.